The van der Waals surface area contributed by atoms with Crippen molar-refractivity contribution < 1.29 is 9.53 Å². The second-order valence-electron chi connectivity index (χ2n) is 8.68. The molecule has 2 nitrogen and oxygen atoms in total. The quantitative estimate of drug-likeness (QED) is 0.609. The standard InChI is InChI=1S/C21H34O2/c1-15(14-19(22)23-6)8-10-17-16(2)9-11-18-20(3,4)12-7-13-21(17,18)5/h9,11,15,18H,7-8,10,12-14H2,1-6H3/t15?,18?,21-/m0/s1. The van der Waals surface area contributed by atoms with Crippen molar-refractivity contribution in [3.63, 3.8) is 0 Å². The average Bonchev–Trinajstić information content (AvgIpc) is 2.45. The molecule has 0 radical (unpaired) electrons. The number of methoxy groups -OCH3 is 1. The van der Waals surface area contributed by atoms with Gasteiger partial charge in [0.2, 0.25) is 0 Å². The van der Waals surface area contributed by atoms with Gasteiger partial charge >= 0.3 is 5.97 Å². The topological polar surface area (TPSA) is 26.3 Å². The van der Waals surface area contributed by atoms with Crippen LogP contribution in [-0.2, 0) is 9.53 Å². The average molecular weight is 319 g/mol. The Morgan fingerprint density at radius 3 is 2.70 bits per heavy atom. The maximum atomic E-state index is 11.5. The van der Waals surface area contributed by atoms with Crippen molar-refractivity contribution in [1.29, 1.82) is 0 Å². The summed E-state index contributed by atoms with van der Waals surface area (Å²) in [7, 11) is 1.48. The van der Waals surface area contributed by atoms with Crippen molar-refractivity contribution in [2.24, 2.45) is 22.7 Å². The largest absolute Gasteiger partial charge is 0.469 e. The van der Waals surface area contributed by atoms with Crippen molar-refractivity contribution >= 4 is 5.97 Å². The first-order valence-electron chi connectivity index (χ1n) is 9.16. The summed E-state index contributed by atoms with van der Waals surface area (Å²) in [6.07, 6.45) is 11.5. The van der Waals surface area contributed by atoms with E-state index >= 15 is 0 Å². The third kappa shape index (κ3) is 3.72. The predicted octanol–water partition coefficient (Wildman–Crippen LogP) is 5.68. The number of ether oxygens (including phenoxy) is 1. The Labute approximate surface area is 142 Å². The highest BCUT2D eigenvalue weighted by molar-refractivity contribution is 5.69. The summed E-state index contributed by atoms with van der Waals surface area (Å²) in [5.74, 6) is 0.931. The first-order valence-corrected chi connectivity index (χ1v) is 9.16. The maximum absolute atomic E-state index is 11.5. The summed E-state index contributed by atoms with van der Waals surface area (Å²) < 4.78 is 4.80. The monoisotopic (exact) mass is 318 g/mol. The fraction of sp³-hybridized carbons (Fsp3) is 0.762. The Morgan fingerprint density at radius 1 is 1.35 bits per heavy atom. The van der Waals surface area contributed by atoms with E-state index in [4.69, 9.17) is 4.74 Å². The Morgan fingerprint density at radius 2 is 2.04 bits per heavy atom. The highest BCUT2D eigenvalue weighted by Crippen LogP contribution is 2.58. The number of carbonyl (C=O) groups is 1. The minimum Gasteiger partial charge on any atom is -0.469 e. The zero-order valence-electron chi connectivity index (χ0n) is 15.9. The number of fused-ring (bicyclic) bond motifs is 1. The van der Waals surface area contributed by atoms with E-state index in [1.54, 1.807) is 5.57 Å². The zero-order chi connectivity index (χ0) is 17.3. The lowest BCUT2D eigenvalue weighted by Gasteiger charge is -2.53. The molecule has 0 aromatic carbocycles. The molecule has 1 saturated carbocycles. The molecule has 0 saturated heterocycles. The number of hydrogen-bond acceptors (Lipinski definition) is 2. The van der Waals surface area contributed by atoms with Crippen LogP contribution in [0.25, 0.3) is 0 Å². The second kappa shape index (κ2) is 6.83. The van der Waals surface area contributed by atoms with Crippen LogP contribution in [0.5, 0.6) is 0 Å². The van der Waals surface area contributed by atoms with Gasteiger partial charge in [-0.25, -0.2) is 0 Å². The molecule has 0 aromatic rings. The molecule has 23 heavy (non-hydrogen) atoms. The van der Waals surface area contributed by atoms with E-state index in [1.165, 1.54) is 31.9 Å². The Kier molecular flexibility index (Phi) is 5.43. The number of carbonyl (C=O) groups excluding carboxylic acids is 1. The van der Waals surface area contributed by atoms with E-state index in [-0.39, 0.29) is 5.97 Å². The van der Waals surface area contributed by atoms with Gasteiger partial charge in [-0.1, -0.05) is 57.4 Å². The van der Waals surface area contributed by atoms with Crippen molar-refractivity contribution in [3.05, 3.63) is 23.3 Å². The lowest BCUT2D eigenvalue weighted by Crippen LogP contribution is -2.43. The fourth-order valence-electron chi connectivity index (χ4n) is 5.03. The molecule has 0 spiro atoms. The van der Waals surface area contributed by atoms with Gasteiger partial charge in [-0.2, -0.15) is 0 Å². The second-order valence-corrected chi connectivity index (χ2v) is 8.68. The van der Waals surface area contributed by atoms with Crippen molar-refractivity contribution in [1.82, 2.24) is 0 Å². The summed E-state index contributed by atoms with van der Waals surface area (Å²) in [5.41, 5.74) is 3.76. The molecule has 0 heterocycles. The van der Waals surface area contributed by atoms with Crippen LogP contribution in [-0.4, -0.2) is 13.1 Å². The molecule has 2 heteroatoms. The van der Waals surface area contributed by atoms with E-state index in [0.717, 1.165) is 12.8 Å². The van der Waals surface area contributed by atoms with E-state index in [2.05, 4.69) is 46.8 Å². The van der Waals surface area contributed by atoms with Gasteiger partial charge in [-0.05, 0) is 55.3 Å². The molecule has 2 aliphatic carbocycles. The number of hydrogen-bond donors (Lipinski definition) is 0. The van der Waals surface area contributed by atoms with Crippen molar-refractivity contribution in [2.45, 2.75) is 73.1 Å². The van der Waals surface area contributed by atoms with Gasteiger partial charge in [0.1, 0.15) is 0 Å². The van der Waals surface area contributed by atoms with E-state index in [9.17, 15) is 4.79 Å². The van der Waals surface area contributed by atoms with Gasteiger partial charge in [-0.15, -0.1) is 0 Å². The summed E-state index contributed by atoms with van der Waals surface area (Å²) in [5, 5.41) is 0. The molecule has 2 rings (SSSR count). The predicted molar refractivity (Wildman–Crippen MR) is 96.1 cm³/mol. The smallest absolute Gasteiger partial charge is 0.305 e. The lowest BCUT2D eigenvalue weighted by molar-refractivity contribution is -0.141. The van der Waals surface area contributed by atoms with Crippen LogP contribution in [0.2, 0.25) is 0 Å². The van der Waals surface area contributed by atoms with Gasteiger partial charge in [0.25, 0.3) is 0 Å². The third-order valence-electron chi connectivity index (χ3n) is 6.38. The lowest BCUT2D eigenvalue weighted by atomic mass is 9.51. The molecule has 0 N–H and O–H groups in total. The molecule has 0 aromatic heterocycles. The zero-order valence-corrected chi connectivity index (χ0v) is 15.9. The molecular formula is C21H34O2. The molecule has 1 fully saturated rings. The fourth-order valence-corrected chi connectivity index (χ4v) is 5.03. The van der Waals surface area contributed by atoms with Crippen LogP contribution in [0.15, 0.2) is 23.3 Å². The first-order chi connectivity index (χ1) is 10.7. The molecule has 0 aliphatic heterocycles. The van der Waals surface area contributed by atoms with E-state index in [0.29, 0.717) is 29.1 Å². The van der Waals surface area contributed by atoms with Crippen LogP contribution in [0.4, 0.5) is 0 Å². The maximum Gasteiger partial charge on any atom is 0.305 e. The van der Waals surface area contributed by atoms with Gasteiger partial charge in [0.15, 0.2) is 0 Å². The van der Waals surface area contributed by atoms with Crippen molar-refractivity contribution in [2.75, 3.05) is 7.11 Å². The Hall–Kier alpha value is -1.05. The van der Waals surface area contributed by atoms with Crippen molar-refractivity contribution in [3.8, 4) is 0 Å². The molecule has 130 valence electrons. The normalized spacial score (nSPS) is 30.8. The minimum absolute atomic E-state index is 0.0883. The van der Waals surface area contributed by atoms with Crippen LogP contribution < -0.4 is 0 Å². The van der Waals surface area contributed by atoms with Crippen LogP contribution >= 0.6 is 0 Å². The van der Waals surface area contributed by atoms with Gasteiger partial charge < -0.3 is 4.74 Å². The van der Waals surface area contributed by atoms with E-state index in [1.807, 2.05) is 0 Å². The Balaban J connectivity index is 2.13. The Bertz CT molecular complexity index is 512. The van der Waals surface area contributed by atoms with Gasteiger partial charge in [-0.3, -0.25) is 4.79 Å². The van der Waals surface area contributed by atoms with Gasteiger partial charge in [0, 0.05) is 6.42 Å². The summed E-state index contributed by atoms with van der Waals surface area (Å²) >= 11 is 0. The van der Waals surface area contributed by atoms with Crippen LogP contribution in [0, 0.1) is 22.7 Å². The number of rotatable bonds is 5. The molecular weight excluding hydrogens is 284 g/mol. The highest BCUT2D eigenvalue weighted by atomic mass is 16.5. The highest BCUT2D eigenvalue weighted by Gasteiger charge is 2.48. The SMILES string of the molecule is COC(=O)CC(C)CCC1=C(C)C=CC2C(C)(C)CCC[C@@]12C. The molecule has 3 atom stereocenters. The molecule has 0 bridgehead atoms. The minimum atomic E-state index is -0.0883. The summed E-state index contributed by atoms with van der Waals surface area (Å²) in [6.45, 7) is 11.8. The van der Waals surface area contributed by atoms with Gasteiger partial charge in [0.05, 0.1) is 7.11 Å². The van der Waals surface area contributed by atoms with E-state index < -0.39 is 0 Å². The first kappa shape index (κ1) is 18.3. The molecule has 0 amide bonds. The van der Waals surface area contributed by atoms with Crippen LogP contribution in [0.1, 0.15) is 73.1 Å². The van der Waals surface area contributed by atoms with Crippen LogP contribution in [0.3, 0.4) is 0 Å². The molecule has 2 unspecified atom stereocenters. The molecule has 2 aliphatic rings. The number of allylic oxidation sites excluding steroid dienone is 4. The summed E-state index contributed by atoms with van der Waals surface area (Å²) in [6, 6.07) is 0. The third-order valence-corrected chi connectivity index (χ3v) is 6.38. The number of esters is 1. The summed E-state index contributed by atoms with van der Waals surface area (Å²) in [4.78, 5) is 11.5.